The summed E-state index contributed by atoms with van der Waals surface area (Å²) in [5, 5.41) is 8.30. The number of hydrogen-bond acceptors (Lipinski definition) is 1. The first-order chi connectivity index (χ1) is 3.77. The molecule has 1 N–H and O–H groups in total. The van der Waals surface area contributed by atoms with Gasteiger partial charge in [0.25, 0.3) is 0 Å². The van der Waals surface area contributed by atoms with Crippen molar-refractivity contribution in [3.8, 4) is 0 Å². The predicted molar refractivity (Wildman–Crippen MR) is 35.7 cm³/mol. The van der Waals surface area contributed by atoms with Crippen molar-refractivity contribution in [1.29, 1.82) is 0 Å². The van der Waals surface area contributed by atoms with Crippen LogP contribution in [0.1, 0.15) is 13.3 Å². The smallest absolute Gasteiger partial charge is 0.0465 e. The van der Waals surface area contributed by atoms with Gasteiger partial charge in [-0.1, -0.05) is 24.3 Å². The first kappa shape index (κ1) is 7.44. The summed E-state index contributed by atoms with van der Waals surface area (Å²) in [6, 6.07) is 0. The summed E-state index contributed by atoms with van der Waals surface area (Å²) in [5.74, 6) is 0. The molecule has 0 aliphatic carbocycles. The van der Waals surface area contributed by atoms with Crippen LogP contribution < -0.4 is 0 Å². The fourth-order valence-electron chi connectivity index (χ4n) is 0.359. The summed E-state index contributed by atoms with van der Waals surface area (Å²) in [4.78, 5) is 0. The summed E-state index contributed by atoms with van der Waals surface area (Å²) in [5.41, 5.74) is 1.03. The van der Waals surface area contributed by atoms with E-state index in [1.807, 2.05) is 19.1 Å². The maximum Gasteiger partial charge on any atom is 0.0465 e. The summed E-state index contributed by atoms with van der Waals surface area (Å²) >= 11 is 0. The molecule has 0 spiro atoms. The van der Waals surface area contributed by atoms with Gasteiger partial charge in [-0.25, -0.2) is 0 Å². The quantitative estimate of drug-likeness (QED) is 0.548. The number of rotatable bonds is 3. The van der Waals surface area contributed by atoms with Crippen molar-refractivity contribution in [2.75, 3.05) is 6.61 Å². The molecule has 46 valence electrons. The molecule has 0 amide bonds. The minimum absolute atomic E-state index is 0.226. The molecule has 0 aromatic carbocycles. The molecule has 0 heterocycles. The molecule has 0 saturated carbocycles. The highest BCUT2D eigenvalue weighted by molar-refractivity contribution is 5.10. The Bertz CT molecular complexity index is 92.6. The van der Waals surface area contributed by atoms with Gasteiger partial charge in [-0.05, 0) is 13.3 Å². The Labute approximate surface area is 50.3 Å². The Morgan fingerprint density at radius 2 is 2.38 bits per heavy atom. The summed E-state index contributed by atoms with van der Waals surface area (Å²) < 4.78 is 0. The van der Waals surface area contributed by atoms with Crippen molar-refractivity contribution in [3.05, 3.63) is 24.3 Å². The van der Waals surface area contributed by atoms with E-state index in [4.69, 9.17) is 5.11 Å². The first-order valence-electron chi connectivity index (χ1n) is 2.70. The molecule has 0 unspecified atom stereocenters. The molecular formula is C7H12O. The predicted octanol–water partition coefficient (Wildman–Crippen LogP) is 1.50. The molecule has 0 aliphatic rings. The van der Waals surface area contributed by atoms with Gasteiger partial charge >= 0.3 is 0 Å². The molecule has 0 aromatic rings. The minimum Gasteiger partial charge on any atom is -0.396 e. The van der Waals surface area contributed by atoms with Crippen LogP contribution in [0.15, 0.2) is 24.3 Å². The largest absolute Gasteiger partial charge is 0.396 e. The van der Waals surface area contributed by atoms with E-state index in [9.17, 15) is 0 Å². The van der Waals surface area contributed by atoms with E-state index in [1.165, 1.54) is 0 Å². The lowest BCUT2D eigenvalue weighted by molar-refractivity contribution is 0.302. The number of hydrogen-bond donors (Lipinski definition) is 1. The Kier molecular flexibility index (Phi) is 4.27. The maximum absolute atomic E-state index is 8.30. The topological polar surface area (TPSA) is 20.2 Å². The van der Waals surface area contributed by atoms with E-state index in [1.54, 1.807) is 0 Å². The molecule has 0 saturated heterocycles. The fraction of sp³-hybridized carbons (Fsp3) is 0.429. The van der Waals surface area contributed by atoms with E-state index in [0.717, 1.165) is 12.0 Å². The Hall–Kier alpha value is -0.560. The van der Waals surface area contributed by atoms with Crippen LogP contribution in [-0.2, 0) is 0 Å². The van der Waals surface area contributed by atoms with Crippen molar-refractivity contribution in [2.45, 2.75) is 13.3 Å². The second-order valence-electron chi connectivity index (χ2n) is 1.76. The second kappa shape index (κ2) is 4.60. The van der Waals surface area contributed by atoms with Crippen LogP contribution >= 0.6 is 0 Å². The molecular weight excluding hydrogens is 100 g/mol. The van der Waals surface area contributed by atoms with Gasteiger partial charge in [0.1, 0.15) is 0 Å². The van der Waals surface area contributed by atoms with Gasteiger partial charge in [0, 0.05) is 6.61 Å². The average Bonchev–Trinajstić information content (AvgIpc) is 1.66. The van der Waals surface area contributed by atoms with Crippen LogP contribution in [0.2, 0.25) is 0 Å². The molecule has 0 bridgehead atoms. The zero-order valence-electron chi connectivity index (χ0n) is 5.22. The van der Waals surface area contributed by atoms with Gasteiger partial charge in [-0.2, -0.15) is 0 Å². The van der Waals surface area contributed by atoms with Gasteiger partial charge in [-0.3, -0.25) is 0 Å². The minimum atomic E-state index is 0.226. The van der Waals surface area contributed by atoms with E-state index < -0.39 is 0 Å². The molecule has 1 heteroatoms. The van der Waals surface area contributed by atoms with Gasteiger partial charge in [0.2, 0.25) is 0 Å². The molecule has 0 atom stereocenters. The highest BCUT2D eigenvalue weighted by Gasteiger charge is 1.73. The summed E-state index contributed by atoms with van der Waals surface area (Å²) in [7, 11) is 0. The zero-order valence-corrected chi connectivity index (χ0v) is 5.22. The van der Waals surface area contributed by atoms with Crippen LogP contribution in [0.5, 0.6) is 0 Å². The van der Waals surface area contributed by atoms with E-state index in [0.29, 0.717) is 0 Å². The first-order valence-corrected chi connectivity index (χ1v) is 2.70. The molecule has 0 aliphatic heterocycles. The third kappa shape index (κ3) is 5.44. The van der Waals surface area contributed by atoms with E-state index in [-0.39, 0.29) is 6.61 Å². The van der Waals surface area contributed by atoms with Crippen molar-refractivity contribution in [1.82, 2.24) is 0 Å². The Morgan fingerprint density at radius 1 is 1.75 bits per heavy atom. The molecule has 1 nitrogen and oxygen atoms in total. The highest BCUT2D eigenvalue weighted by atomic mass is 16.2. The third-order valence-corrected chi connectivity index (χ3v) is 0.698. The number of aliphatic hydroxyl groups is 1. The SMILES string of the molecule is C=C(C)C=CCCO. The Balaban J connectivity index is 3.20. The van der Waals surface area contributed by atoms with Crippen molar-refractivity contribution >= 4 is 0 Å². The van der Waals surface area contributed by atoms with Crippen LogP contribution in [-0.4, -0.2) is 11.7 Å². The lowest BCUT2D eigenvalue weighted by atomic mass is 10.3. The van der Waals surface area contributed by atoms with Crippen molar-refractivity contribution in [3.63, 3.8) is 0 Å². The summed E-state index contributed by atoms with van der Waals surface area (Å²) in [6.07, 6.45) is 4.53. The molecule has 0 rings (SSSR count). The van der Waals surface area contributed by atoms with E-state index in [2.05, 4.69) is 6.58 Å². The van der Waals surface area contributed by atoms with Gasteiger partial charge in [0.15, 0.2) is 0 Å². The zero-order chi connectivity index (χ0) is 6.41. The Morgan fingerprint density at radius 3 is 2.75 bits per heavy atom. The maximum atomic E-state index is 8.30. The van der Waals surface area contributed by atoms with Crippen LogP contribution in [0.25, 0.3) is 0 Å². The van der Waals surface area contributed by atoms with Crippen LogP contribution in [0.3, 0.4) is 0 Å². The average molecular weight is 112 g/mol. The fourth-order valence-corrected chi connectivity index (χ4v) is 0.359. The third-order valence-electron chi connectivity index (χ3n) is 0.698. The molecule has 8 heavy (non-hydrogen) atoms. The number of allylic oxidation sites excluding steroid dienone is 2. The lowest BCUT2D eigenvalue weighted by Crippen LogP contribution is -1.74. The molecule has 0 radical (unpaired) electrons. The van der Waals surface area contributed by atoms with Crippen LogP contribution in [0, 0.1) is 0 Å². The van der Waals surface area contributed by atoms with Gasteiger partial charge in [-0.15, -0.1) is 0 Å². The van der Waals surface area contributed by atoms with E-state index >= 15 is 0 Å². The normalized spacial score (nSPS) is 10.2. The molecule has 0 fully saturated rings. The summed E-state index contributed by atoms with van der Waals surface area (Å²) in [6.45, 7) is 5.81. The standard InChI is InChI=1S/C7H12O/c1-7(2)5-3-4-6-8/h3,5,8H,1,4,6H2,2H3. The highest BCUT2D eigenvalue weighted by Crippen LogP contribution is 1.89. The number of aliphatic hydroxyl groups excluding tert-OH is 1. The van der Waals surface area contributed by atoms with Crippen molar-refractivity contribution < 1.29 is 5.11 Å². The van der Waals surface area contributed by atoms with Gasteiger partial charge in [0.05, 0.1) is 0 Å². The van der Waals surface area contributed by atoms with Crippen LogP contribution in [0.4, 0.5) is 0 Å². The second-order valence-corrected chi connectivity index (χ2v) is 1.76. The molecule has 0 aromatic heterocycles. The lowest BCUT2D eigenvalue weighted by Gasteiger charge is -1.83. The van der Waals surface area contributed by atoms with Gasteiger partial charge < -0.3 is 5.11 Å². The van der Waals surface area contributed by atoms with Crippen molar-refractivity contribution in [2.24, 2.45) is 0 Å². The monoisotopic (exact) mass is 112 g/mol.